The van der Waals surface area contributed by atoms with E-state index in [4.69, 9.17) is 9.47 Å². The van der Waals surface area contributed by atoms with Gasteiger partial charge < -0.3 is 19.7 Å². The second-order valence-corrected chi connectivity index (χ2v) is 11.2. The van der Waals surface area contributed by atoms with Crippen molar-refractivity contribution in [2.24, 2.45) is 0 Å². The minimum atomic E-state index is -0.299. The molecule has 0 unspecified atom stereocenters. The highest BCUT2D eigenvalue weighted by molar-refractivity contribution is 6.05. The zero-order valence-electron chi connectivity index (χ0n) is 25.1. The molecule has 4 aromatic rings. The maximum absolute atomic E-state index is 13.2. The summed E-state index contributed by atoms with van der Waals surface area (Å²) in [5.41, 5.74) is 5.72. The van der Waals surface area contributed by atoms with Crippen LogP contribution in [0.1, 0.15) is 46.8 Å². The molecule has 0 spiro atoms. The van der Waals surface area contributed by atoms with Crippen molar-refractivity contribution in [3.05, 3.63) is 113 Å². The molecule has 43 heavy (non-hydrogen) atoms. The third-order valence-corrected chi connectivity index (χ3v) is 7.78. The van der Waals surface area contributed by atoms with Crippen LogP contribution in [0.3, 0.4) is 0 Å². The third kappa shape index (κ3) is 7.81. The molecule has 1 amide bonds. The standard InChI is InChI=1S/C36H39N3O4/c1-26(2)32-23-33(37-36(41)29-12-14-31(15-13-29)43-30-10-5-4-6-11-30)35(42-25-40)24-34(32)39-20-18-38(19-21-39)17-16-28-9-7-8-27(3)22-28/h4-15,22-26H,16-21H2,1-3H3,(H,37,41). The van der Waals surface area contributed by atoms with Crippen LogP contribution in [0.4, 0.5) is 11.4 Å². The number of hydrogen-bond donors (Lipinski definition) is 1. The first-order chi connectivity index (χ1) is 20.9. The zero-order valence-corrected chi connectivity index (χ0v) is 25.1. The molecule has 0 radical (unpaired) electrons. The van der Waals surface area contributed by atoms with Gasteiger partial charge in [0.25, 0.3) is 12.4 Å². The van der Waals surface area contributed by atoms with Crippen LogP contribution in [-0.2, 0) is 11.2 Å². The van der Waals surface area contributed by atoms with Crippen LogP contribution in [0.15, 0.2) is 91.0 Å². The van der Waals surface area contributed by atoms with Gasteiger partial charge in [0.15, 0.2) is 5.75 Å². The Bertz CT molecular complexity index is 1530. The Balaban J connectivity index is 1.27. The summed E-state index contributed by atoms with van der Waals surface area (Å²) in [5.74, 6) is 1.58. The van der Waals surface area contributed by atoms with Crippen molar-refractivity contribution in [3.8, 4) is 17.2 Å². The largest absolute Gasteiger partial charge is 0.457 e. The number of benzene rings is 4. The van der Waals surface area contributed by atoms with Crippen molar-refractivity contribution in [3.63, 3.8) is 0 Å². The van der Waals surface area contributed by atoms with Crippen molar-refractivity contribution in [2.45, 2.75) is 33.1 Å². The number of para-hydroxylation sites is 1. The van der Waals surface area contributed by atoms with E-state index in [1.807, 2.05) is 42.5 Å². The van der Waals surface area contributed by atoms with Gasteiger partial charge in [-0.05, 0) is 72.9 Å². The fourth-order valence-electron chi connectivity index (χ4n) is 5.43. The summed E-state index contributed by atoms with van der Waals surface area (Å²) in [5, 5.41) is 2.96. The summed E-state index contributed by atoms with van der Waals surface area (Å²) in [6, 6.07) is 29.0. The predicted molar refractivity (Wildman–Crippen MR) is 172 cm³/mol. The van der Waals surface area contributed by atoms with Crippen LogP contribution in [0.2, 0.25) is 0 Å². The Kier molecular flexibility index (Phi) is 9.74. The first-order valence-corrected chi connectivity index (χ1v) is 14.8. The van der Waals surface area contributed by atoms with Crippen LogP contribution in [0, 0.1) is 6.92 Å². The summed E-state index contributed by atoms with van der Waals surface area (Å²) >= 11 is 0. The number of aryl methyl sites for hydroxylation is 1. The lowest BCUT2D eigenvalue weighted by Gasteiger charge is -2.37. The van der Waals surface area contributed by atoms with Gasteiger partial charge in [-0.15, -0.1) is 0 Å². The van der Waals surface area contributed by atoms with E-state index in [0.717, 1.165) is 56.1 Å². The SMILES string of the molecule is Cc1cccc(CCN2CCN(c3cc(OC=O)c(NC(=O)c4ccc(Oc5ccccc5)cc4)cc3C(C)C)CC2)c1. The summed E-state index contributed by atoms with van der Waals surface area (Å²) in [4.78, 5) is 29.5. The van der Waals surface area contributed by atoms with Crippen LogP contribution in [0.5, 0.6) is 17.2 Å². The molecule has 222 valence electrons. The molecular weight excluding hydrogens is 538 g/mol. The molecular formula is C36H39N3O4. The number of anilines is 2. The fraction of sp³-hybridized carbons (Fsp3) is 0.278. The van der Waals surface area contributed by atoms with Gasteiger partial charge in [-0.1, -0.05) is 61.9 Å². The van der Waals surface area contributed by atoms with E-state index in [2.05, 4.69) is 60.2 Å². The maximum Gasteiger partial charge on any atom is 0.298 e. The molecule has 0 aromatic heterocycles. The number of piperazine rings is 1. The Morgan fingerprint density at radius 1 is 0.884 bits per heavy atom. The zero-order chi connectivity index (χ0) is 30.2. The summed E-state index contributed by atoms with van der Waals surface area (Å²) in [6.07, 6.45) is 1.04. The number of carbonyl (C=O) groups is 2. The van der Waals surface area contributed by atoms with Crippen LogP contribution < -0.4 is 19.7 Å². The fourth-order valence-corrected chi connectivity index (χ4v) is 5.43. The third-order valence-electron chi connectivity index (χ3n) is 7.78. The lowest BCUT2D eigenvalue weighted by molar-refractivity contribution is -0.120. The Morgan fingerprint density at radius 3 is 2.28 bits per heavy atom. The molecule has 0 aliphatic carbocycles. The number of amides is 1. The number of rotatable bonds is 11. The van der Waals surface area contributed by atoms with E-state index >= 15 is 0 Å². The molecule has 1 heterocycles. The highest BCUT2D eigenvalue weighted by Crippen LogP contribution is 2.38. The van der Waals surface area contributed by atoms with Crippen molar-refractivity contribution >= 4 is 23.8 Å². The van der Waals surface area contributed by atoms with Crippen molar-refractivity contribution in [1.82, 2.24) is 4.90 Å². The summed E-state index contributed by atoms with van der Waals surface area (Å²) in [6.45, 7) is 11.5. The van der Waals surface area contributed by atoms with Gasteiger partial charge in [-0.25, -0.2) is 0 Å². The highest BCUT2D eigenvalue weighted by atomic mass is 16.5. The summed E-state index contributed by atoms with van der Waals surface area (Å²) < 4.78 is 11.2. The van der Waals surface area contributed by atoms with E-state index in [0.29, 0.717) is 29.2 Å². The van der Waals surface area contributed by atoms with Gasteiger partial charge in [0.2, 0.25) is 0 Å². The molecule has 7 heteroatoms. The van der Waals surface area contributed by atoms with Gasteiger partial charge in [0, 0.05) is 50.0 Å². The monoisotopic (exact) mass is 577 g/mol. The number of ether oxygens (including phenoxy) is 2. The first kappa shape index (κ1) is 29.9. The van der Waals surface area contributed by atoms with Crippen LogP contribution in [-0.4, -0.2) is 50.0 Å². The minimum Gasteiger partial charge on any atom is -0.457 e. The van der Waals surface area contributed by atoms with Crippen LogP contribution in [0.25, 0.3) is 0 Å². The maximum atomic E-state index is 13.2. The highest BCUT2D eigenvalue weighted by Gasteiger charge is 2.23. The lowest BCUT2D eigenvalue weighted by atomic mass is 9.98. The van der Waals surface area contributed by atoms with E-state index < -0.39 is 0 Å². The Labute approximate surface area is 254 Å². The molecule has 1 saturated heterocycles. The predicted octanol–water partition coefficient (Wildman–Crippen LogP) is 7.06. The van der Waals surface area contributed by atoms with Crippen LogP contribution >= 0.6 is 0 Å². The molecule has 5 rings (SSSR count). The second kappa shape index (κ2) is 14.0. The first-order valence-electron chi connectivity index (χ1n) is 14.8. The Hall–Kier alpha value is -4.62. The summed E-state index contributed by atoms with van der Waals surface area (Å²) in [7, 11) is 0. The number of nitrogens with zero attached hydrogens (tertiary/aromatic N) is 2. The molecule has 4 aromatic carbocycles. The van der Waals surface area contributed by atoms with E-state index in [1.165, 1.54) is 11.1 Å². The van der Waals surface area contributed by atoms with Crippen molar-refractivity contribution in [1.29, 1.82) is 0 Å². The number of carbonyl (C=O) groups excluding carboxylic acids is 2. The van der Waals surface area contributed by atoms with Crippen molar-refractivity contribution in [2.75, 3.05) is 42.9 Å². The average molecular weight is 578 g/mol. The van der Waals surface area contributed by atoms with E-state index in [9.17, 15) is 9.59 Å². The second-order valence-electron chi connectivity index (χ2n) is 11.2. The topological polar surface area (TPSA) is 71.1 Å². The van der Waals surface area contributed by atoms with E-state index in [1.54, 1.807) is 24.3 Å². The molecule has 1 aliphatic heterocycles. The molecule has 1 fully saturated rings. The molecule has 0 saturated carbocycles. The molecule has 7 nitrogen and oxygen atoms in total. The van der Waals surface area contributed by atoms with Gasteiger partial charge in [-0.3, -0.25) is 14.5 Å². The van der Waals surface area contributed by atoms with Gasteiger partial charge in [0.05, 0.1) is 5.69 Å². The normalized spacial score (nSPS) is 13.5. The van der Waals surface area contributed by atoms with E-state index in [-0.39, 0.29) is 11.8 Å². The minimum absolute atomic E-state index is 0.199. The smallest absolute Gasteiger partial charge is 0.298 e. The quantitative estimate of drug-likeness (QED) is 0.192. The van der Waals surface area contributed by atoms with Gasteiger partial charge >= 0.3 is 0 Å². The Morgan fingerprint density at radius 2 is 1.60 bits per heavy atom. The number of nitrogens with one attached hydrogen (secondary N) is 1. The molecule has 1 N–H and O–H groups in total. The molecule has 0 atom stereocenters. The van der Waals surface area contributed by atoms with Gasteiger partial charge in [0.1, 0.15) is 11.5 Å². The van der Waals surface area contributed by atoms with Gasteiger partial charge in [-0.2, -0.15) is 0 Å². The number of hydrogen-bond acceptors (Lipinski definition) is 6. The van der Waals surface area contributed by atoms with Crippen molar-refractivity contribution < 1.29 is 19.1 Å². The molecule has 1 aliphatic rings. The average Bonchev–Trinajstić information content (AvgIpc) is 3.02. The molecule has 0 bridgehead atoms. The lowest BCUT2D eigenvalue weighted by Crippen LogP contribution is -2.47.